The summed E-state index contributed by atoms with van der Waals surface area (Å²) in [7, 11) is -3.89. The normalized spacial score (nSPS) is 10.3. The first-order chi connectivity index (χ1) is 8.47. The Hall–Kier alpha value is -1.61. The molecule has 0 aliphatic rings. The molecule has 18 heavy (non-hydrogen) atoms. The lowest BCUT2D eigenvalue weighted by Gasteiger charge is -2.01. The van der Waals surface area contributed by atoms with Crippen molar-refractivity contribution in [3.8, 4) is 5.75 Å². The second kappa shape index (κ2) is 6.97. The molecule has 0 heterocycles. The van der Waals surface area contributed by atoms with Gasteiger partial charge in [0.1, 0.15) is 5.75 Å². The zero-order valence-electron chi connectivity index (χ0n) is 9.68. The van der Waals surface area contributed by atoms with Crippen molar-refractivity contribution < 1.29 is 19.5 Å². The molecular formula is C13H15O4P. The number of rotatable bonds is 2. The van der Waals surface area contributed by atoms with E-state index < -0.39 is 7.60 Å². The SMILES string of the molecule is O=P(O)(O)Cc1ccccc1.Oc1ccccc1. The molecule has 0 atom stereocenters. The Labute approximate surface area is 106 Å². The summed E-state index contributed by atoms with van der Waals surface area (Å²) in [5.74, 6) is 0.322. The van der Waals surface area contributed by atoms with Gasteiger partial charge in [-0.15, -0.1) is 0 Å². The molecule has 2 rings (SSSR count). The van der Waals surface area contributed by atoms with E-state index in [9.17, 15) is 4.57 Å². The Morgan fingerprint density at radius 1 is 0.833 bits per heavy atom. The number of para-hydroxylation sites is 1. The number of phenolic OH excluding ortho intramolecular Hbond substituents is 1. The molecule has 0 aliphatic heterocycles. The van der Waals surface area contributed by atoms with Crippen molar-refractivity contribution in [3.05, 3.63) is 66.2 Å². The first kappa shape index (κ1) is 14.5. The van der Waals surface area contributed by atoms with Crippen LogP contribution < -0.4 is 0 Å². The Bertz CT molecular complexity index is 493. The van der Waals surface area contributed by atoms with Crippen molar-refractivity contribution in [3.63, 3.8) is 0 Å². The van der Waals surface area contributed by atoms with Gasteiger partial charge in [-0.2, -0.15) is 0 Å². The molecule has 0 fully saturated rings. The Balaban J connectivity index is 0.000000199. The minimum absolute atomic E-state index is 0.173. The van der Waals surface area contributed by atoms with Gasteiger partial charge in [-0.1, -0.05) is 48.5 Å². The van der Waals surface area contributed by atoms with Gasteiger partial charge in [0.25, 0.3) is 0 Å². The highest BCUT2D eigenvalue weighted by Crippen LogP contribution is 2.38. The third-order valence-corrected chi connectivity index (χ3v) is 2.76. The Kier molecular flexibility index (Phi) is 5.59. The average molecular weight is 266 g/mol. The molecule has 0 spiro atoms. The monoisotopic (exact) mass is 266 g/mol. The van der Waals surface area contributed by atoms with Crippen molar-refractivity contribution in [1.82, 2.24) is 0 Å². The molecule has 3 N–H and O–H groups in total. The summed E-state index contributed by atoms with van der Waals surface area (Å²) < 4.78 is 10.5. The van der Waals surface area contributed by atoms with E-state index in [0.29, 0.717) is 11.3 Å². The summed E-state index contributed by atoms with van der Waals surface area (Å²) in [6.45, 7) is 0. The van der Waals surface area contributed by atoms with E-state index in [1.54, 1.807) is 48.5 Å². The molecule has 2 aromatic rings. The van der Waals surface area contributed by atoms with Crippen molar-refractivity contribution in [2.75, 3.05) is 0 Å². The van der Waals surface area contributed by atoms with Crippen LogP contribution in [-0.4, -0.2) is 14.9 Å². The summed E-state index contributed by atoms with van der Waals surface area (Å²) >= 11 is 0. The third kappa shape index (κ3) is 6.86. The molecule has 0 saturated carbocycles. The number of phenols is 1. The standard InChI is InChI=1S/C7H9O3P.C6H6O/c8-11(9,10)6-7-4-2-1-3-5-7;7-6-4-2-1-3-5-6/h1-5H,6H2,(H2,8,9,10);1-5,7H. The maximum Gasteiger partial charge on any atom is 0.329 e. The number of aromatic hydroxyl groups is 1. The minimum Gasteiger partial charge on any atom is -0.508 e. The Morgan fingerprint density at radius 3 is 1.61 bits per heavy atom. The summed E-state index contributed by atoms with van der Waals surface area (Å²) in [5, 5.41) is 8.63. The van der Waals surface area contributed by atoms with Crippen LogP contribution in [-0.2, 0) is 10.7 Å². The van der Waals surface area contributed by atoms with Crippen LogP contribution in [0, 0.1) is 0 Å². The fraction of sp³-hybridized carbons (Fsp3) is 0.0769. The molecule has 0 saturated heterocycles. The van der Waals surface area contributed by atoms with Crippen molar-refractivity contribution >= 4 is 7.60 Å². The van der Waals surface area contributed by atoms with Gasteiger partial charge in [0.15, 0.2) is 0 Å². The zero-order valence-corrected chi connectivity index (χ0v) is 10.6. The molecule has 5 heteroatoms. The second-order valence-electron chi connectivity index (χ2n) is 3.64. The van der Waals surface area contributed by atoms with Crippen LogP contribution in [0.25, 0.3) is 0 Å². The summed E-state index contributed by atoms with van der Waals surface area (Å²) in [6.07, 6.45) is -0.173. The fourth-order valence-electron chi connectivity index (χ4n) is 1.25. The third-order valence-electron chi connectivity index (χ3n) is 1.99. The smallest absolute Gasteiger partial charge is 0.329 e. The molecule has 2 aromatic carbocycles. The van der Waals surface area contributed by atoms with Crippen LogP contribution in [0.15, 0.2) is 60.7 Å². The van der Waals surface area contributed by atoms with Gasteiger partial charge in [0.05, 0.1) is 6.16 Å². The van der Waals surface area contributed by atoms with Gasteiger partial charge >= 0.3 is 7.60 Å². The Morgan fingerprint density at radius 2 is 1.28 bits per heavy atom. The lowest BCUT2D eigenvalue weighted by atomic mass is 10.2. The van der Waals surface area contributed by atoms with Crippen molar-refractivity contribution in [2.24, 2.45) is 0 Å². The van der Waals surface area contributed by atoms with Crippen LogP contribution >= 0.6 is 7.60 Å². The molecular weight excluding hydrogens is 251 g/mol. The predicted octanol–water partition coefficient (Wildman–Crippen LogP) is 2.76. The second-order valence-corrected chi connectivity index (χ2v) is 5.29. The molecule has 0 aromatic heterocycles. The fourth-order valence-corrected chi connectivity index (χ4v) is 1.94. The molecule has 0 unspecified atom stereocenters. The molecule has 4 nitrogen and oxygen atoms in total. The van der Waals surface area contributed by atoms with Crippen LogP contribution in [0.5, 0.6) is 5.75 Å². The van der Waals surface area contributed by atoms with Crippen LogP contribution in [0.3, 0.4) is 0 Å². The van der Waals surface area contributed by atoms with E-state index in [-0.39, 0.29) is 6.16 Å². The number of benzene rings is 2. The maximum atomic E-state index is 10.5. The first-order valence-electron chi connectivity index (χ1n) is 5.30. The molecule has 0 radical (unpaired) electrons. The van der Waals surface area contributed by atoms with Gasteiger partial charge < -0.3 is 14.9 Å². The van der Waals surface area contributed by atoms with Crippen LogP contribution in [0.1, 0.15) is 5.56 Å². The molecule has 0 aliphatic carbocycles. The van der Waals surface area contributed by atoms with E-state index in [4.69, 9.17) is 14.9 Å². The summed E-state index contributed by atoms with van der Waals surface area (Å²) in [4.78, 5) is 17.2. The van der Waals surface area contributed by atoms with Crippen LogP contribution in [0.2, 0.25) is 0 Å². The summed E-state index contributed by atoms with van der Waals surface area (Å²) in [6, 6.07) is 17.4. The largest absolute Gasteiger partial charge is 0.508 e. The molecule has 96 valence electrons. The topological polar surface area (TPSA) is 77.8 Å². The van der Waals surface area contributed by atoms with Gasteiger partial charge in [-0.25, -0.2) is 0 Å². The van der Waals surface area contributed by atoms with E-state index >= 15 is 0 Å². The minimum atomic E-state index is -3.89. The average Bonchev–Trinajstić information content (AvgIpc) is 2.30. The quantitative estimate of drug-likeness (QED) is 0.730. The van der Waals surface area contributed by atoms with E-state index in [1.165, 1.54) is 0 Å². The molecule has 0 bridgehead atoms. The number of hydrogen-bond donors (Lipinski definition) is 3. The van der Waals surface area contributed by atoms with E-state index in [2.05, 4.69) is 0 Å². The van der Waals surface area contributed by atoms with Gasteiger partial charge in [0.2, 0.25) is 0 Å². The highest BCUT2D eigenvalue weighted by atomic mass is 31.2. The first-order valence-corrected chi connectivity index (χ1v) is 7.09. The van der Waals surface area contributed by atoms with E-state index in [0.717, 1.165) is 0 Å². The van der Waals surface area contributed by atoms with E-state index in [1.807, 2.05) is 12.1 Å². The summed E-state index contributed by atoms with van der Waals surface area (Å²) in [5.41, 5.74) is 0.667. The zero-order chi connectivity index (χ0) is 13.4. The van der Waals surface area contributed by atoms with Crippen molar-refractivity contribution in [2.45, 2.75) is 6.16 Å². The highest BCUT2D eigenvalue weighted by Gasteiger charge is 2.12. The lowest BCUT2D eigenvalue weighted by Crippen LogP contribution is -1.84. The lowest BCUT2D eigenvalue weighted by molar-refractivity contribution is 0.371. The highest BCUT2D eigenvalue weighted by molar-refractivity contribution is 7.50. The van der Waals surface area contributed by atoms with Crippen LogP contribution in [0.4, 0.5) is 0 Å². The predicted molar refractivity (Wildman–Crippen MR) is 70.3 cm³/mol. The maximum absolute atomic E-state index is 10.5. The van der Waals surface area contributed by atoms with Gasteiger partial charge in [0, 0.05) is 0 Å². The number of hydrogen-bond acceptors (Lipinski definition) is 2. The van der Waals surface area contributed by atoms with Gasteiger partial charge in [-0.3, -0.25) is 4.57 Å². The van der Waals surface area contributed by atoms with Crippen molar-refractivity contribution in [1.29, 1.82) is 0 Å². The molecule has 0 amide bonds. The van der Waals surface area contributed by atoms with Gasteiger partial charge in [-0.05, 0) is 17.7 Å².